The van der Waals surface area contributed by atoms with Crippen LogP contribution in [0.4, 0.5) is 0 Å². The van der Waals surface area contributed by atoms with Gasteiger partial charge in [0.05, 0.1) is 12.0 Å². The Kier molecular flexibility index (Phi) is 5.08. The fourth-order valence-corrected chi connectivity index (χ4v) is 2.52. The number of rotatable bonds is 6. The van der Waals surface area contributed by atoms with Gasteiger partial charge >= 0.3 is 5.97 Å². The zero-order valence-electron chi connectivity index (χ0n) is 10.6. The fraction of sp³-hybridized carbons (Fsp3) is 0.250. The number of benzene rings is 1. The first kappa shape index (κ1) is 15.2. The average molecular weight is 285 g/mol. The van der Waals surface area contributed by atoms with Crippen molar-refractivity contribution in [3.8, 4) is 5.75 Å². The normalized spacial score (nSPS) is 11.7. The third kappa shape index (κ3) is 4.08. The Bertz CT molecular complexity index is 592. The van der Waals surface area contributed by atoms with Crippen molar-refractivity contribution in [1.29, 1.82) is 0 Å². The molecular weight excluding hydrogens is 270 g/mol. The summed E-state index contributed by atoms with van der Waals surface area (Å²) in [6, 6.07) is 4.23. The van der Waals surface area contributed by atoms with Crippen molar-refractivity contribution < 1.29 is 23.1 Å². The van der Waals surface area contributed by atoms with Crippen LogP contribution in [0.2, 0.25) is 0 Å². The molecule has 0 aliphatic carbocycles. The van der Waals surface area contributed by atoms with Gasteiger partial charge in [0.2, 0.25) is 10.0 Å². The lowest BCUT2D eigenvalue weighted by Crippen LogP contribution is -2.23. The van der Waals surface area contributed by atoms with E-state index >= 15 is 0 Å². The number of nitrogens with one attached hydrogen (secondary N) is 1. The molecule has 7 heteroatoms. The third-order valence-electron chi connectivity index (χ3n) is 2.25. The Morgan fingerprint density at radius 3 is 2.68 bits per heavy atom. The summed E-state index contributed by atoms with van der Waals surface area (Å²) >= 11 is 0. The second-order valence-electron chi connectivity index (χ2n) is 3.58. The van der Waals surface area contributed by atoms with Gasteiger partial charge in [0.15, 0.2) is 0 Å². The SMILES string of the molecule is CCNS(=O)(=O)c1ccc(OC)c(C=CC(=O)O)c1. The first-order valence-corrected chi connectivity index (χ1v) is 6.97. The van der Waals surface area contributed by atoms with Crippen LogP contribution < -0.4 is 9.46 Å². The predicted molar refractivity (Wildman–Crippen MR) is 70.5 cm³/mol. The number of hydrogen-bond donors (Lipinski definition) is 2. The minimum absolute atomic E-state index is 0.0557. The number of carbonyl (C=O) groups is 1. The number of carboxylic acids is 1. The summed E-state index contributed by atoms with van der Waals surface area (Å²) in [6.07, 6.45) is 2.20. The number of sulfonamides is 1. The molecule has 1 aromatic rings. The van der Waals surface area contributed by atoms with E-state index in [4.69, 9.17) is 9.84 Å². The van der Waals surface area contributed by atoms with Gasteiger partial charge in [-0.15, -0.1) is 0 Å². The fourth-order valence-electron chi connectivity index (χ4n) is 1.44. The second kappa shape index (κ2) is 6.35. The smallest absolute Gasteiger partial charge is 0.328 e. The maximum atomic E-state index is 11.8. The van der Waals surface area contributed by atoms with Crippen molar-refractivity contribution in [2.75, 3.05) is 13.7 Å². The van der Waals surface area contributed by atoms with E-state index in [1.54, 1.807) is 6.92 Å². The molecule has 0 bridgehead atoms. The van der Waals surface area contributed by atoms with Gasteiger partial charge in [-0.1, -0.05) is 6.92 Å². The predicted octanol–water partition coefficient (Wildman–Crippen LogP) is 1.09. The summed E-state index contributed by atoms with van der Waals surface area (Å²) < 4.78 is 31.1. The van der Waals surface area contributed by atoms with Crippen molar-refractivity contribution in [1.82, 2.24) is 4.72 Å². The van der Waals surface area contributed by atoms with Gasteiger partial charge in [0.1, 0.15) is 5.75 Å². The lowest BCUT2D eigenvalue weighted by Gasteiger charge is -2.09. The highest BCUT2D eigenvalue weighted by Crippen LogP contribution is 2.23. The van der Waals surface area contributed by atoms with Gasteiger partial charge in [-0.2, -0.15) is 0 Å². The number of ether oxygens (including phenoxy) is 1. The molecule has 0 radical (unpaired) electrons. The largest absolute Gasteiger partial charge is 0.496 e. The minimum Gasteiger partial charge on any atom is -0.496 e. The number of methoxy groups -OCH3 is 1. The van der Waals surface area contributed by atoms with Crippen LogP contribution in [0, 0.1) is 0 Å². The number of carboxylic acid groups (broad SMARTS) is 1. The topological polar surface area (TPSA) is 92.7 Å². The van der Waals surface area contributed by atoms with E-state index in [9.17, 15) is 13.2 Å². The number of aliphatic carboxylic acids is 1. The zero-order valence-corrected chi connectivity index (χ0v) is 11.4. The van der Waals surface area contributed by atoms with E-state index in [1.165, 1.54) is 31.4 Å². The highest BCUT2D eigenvalue weighted by Gasteiger charge is 2.14. The molecule has 0 fully saturated rings. The van der Waals surface area contributed by atoms with E-state index in [0.29, 0.717) is 11.3 Å². The summed E-state index contributed by atoms with van der Waals surface area (Å²) in [7, 11) is -2.16. The quantitative estimate of drug-likeness (QED) is 0.763. The monoisotopic (exact) mass is 285 g/mol. The van der Waals surface area contributed by atoms with Gasteiger partial charge in [-0.25, -0.2) is 17.9 Å². The van der Waals surface area contributed by atoms with Gasteiger partial charge < -0.3 is 9.84 Å². The van der Waals surface area contributed by atoms with Gasteiger partial charge in [-0.3, -0.25) is 0 Å². The molecular formula is C12H15NO5S. The lowest BCUT2D eigenvalue weighted by molar-refractivity contribution is -0.131. The highest BCUT2D eigenvalue weighted by molar-refractivity contribution is 7.89. The molecule has 0 saturated heterocycles. The van der Waals surface area contributed by atoms with E-state index < -0.39 is 16.0 Å². The molecule has 0 amide bonds. The summed E-state index contributed by atoms with van der Waals surface area (Å²) in [4.78, 5) is 10.6. The van der Waals surface area contributed by atoms with Crippen LogP contribution in [0.1, 0.15) is 12.5 Å². The molecule has 0 atom stereocenters. The van der Waals surface area contributed by atoms with Crippen LogP contribution in [0.25, 0.3) is 6.08 Å². The third-order valence-corrected chi connectivity index (χ3v) is 3.79. The first-order valence-electron chi connectivity index (χ1n) is 5.49. The zero-order chi connectivity index (χ0) is 14.5. The van der Waals surface area contributed by atoms with Crippen molar-refractivity contribution in [3.05, 3.63) is 29.8 Å². The van der Waals surface area contributed by atoms with Crippen molar-refractivity contribution in [3.63, 3.8) is 0 Å². The van der Waals surface area contributed by atoms with Gasteiger partial charge in [0.25, 0.3) is 0 Å². The van der Waals surface area contributed by atoms with Crippen molar-refractivity contribution in [2.24, 2.45) is 0 Å². The Labute approximate surface area is 111 Å². The lowest BCUT2D eigenvalue weighted by atomic mass is 10.2. The standard InChI is InChI=1S/C12H15NO5S/c1-3-13-19(16,17)10-5-6-11(18-2)9(8-10)4-7-12(14)15/h4-8,13H,3H2,1-2H3,(H,14,15). The maximum Gasteiger partial charge on any atom is 0.328 e. The van der Waals surface area contributed by atoms with E-state index in [0.717, 1.165) is 6.08 Å². The van der Waals surface area contributed by atoms with Crippen molar-refractivity contribution in [2.45, 2.75) is 11.8 Å². The van der Waals surface area contributed by atoms with E-state index in [-0.39, 0.29) is 11.4 Å². The number of hydrogen-bond acceptors (Lipinski definition) is 4. The van der Waals surface area contributed by atoms with E-state index in [2.05, 4.69) is 4.72 Å². The van der Waals surface area contributed by atoms with Crippen LogP contribution in [-0.2, 0) is 14.8 Å². The maximum absolute atomic E-state index is 11.8. The Morgan fingerprint density at radius 2 is 2.16 bits per heavy atom. The van der Waals surface area contributed by atoms with Crippen molar-refractivity contribution >= 4 is 22.1 Å². The molecule has 0 aliphatic heterocycles. The molecule has 2 N–H and O–H groups in total. The second-order valence-corrected chi connectivity index (χ2v) is 5.34. The summed E-state index contributed by atoms with van der Waals surface area (Å²) in [5.74, 6) is -0.727. The van der Waals surface area contributed by atoms with Gasteiger partial charge in [-0.05, 0) is 24.3 Å². The summed E-state index contributed by atoms with van der Waals surface area (Å²) in [5, 5.41) is 8.59. The molecule has 0 unspecified atom stereocenters. The Balaban J connectivity index is 3.26. The molecule has 19 heavy (non-hydrogen) atoms. The van der Waals surface area contributed by atoms with E-state index in [1.807, 2.05) is 0 Å². The molecule has 104 valence electrons. The van der Waals surface area contributed by atoms with Crippen LogP contribution >= 0.6 is 0 Å². The first-order chi connectivity index (χ1) is 8.90. The van der Waals surface area contributed by atoms with Gasteiger partial charge in [0, 0.05) is 18.2 Å². The molecule has 0 heterocycles. The highest BCUT2D eigenvalue weighted by atomic mass is 32.2. The Morgan fingerprint density at radius 1 is 1.47 bits per heavy atom. The molecule has 6 nitrogen and oxygen atoms in total. The molecule has 1 rings (SSSR count). The summed E-state index contributed by atoms with van der Waals surface area (Å²) in [6.45, 7) is 1.95. The van der Waals surface area contributed by atoms with Crippen LogP contribution in [0.3, 0.4) is 0 Å². The molecule has 0 aromatic heterocycles. The van der Waals surface area contributed by atoms with Crippen LogP contribution in [-0.4, -0.2) is 33.1 Å². The summed E-state index contributed by atoms with van der Waals surface area (Å²) in [5.41, 5.74) is 0.379. The minimum atomic E-state index is -3.58. The molecule has 0 spiro atoms. The van der Waals surface area contributed by atoms with Crippen LogP contribution in [0.15, 0.2) is 29.2 Å². The molecule has 0 saturated carbocycles. The molecule has 1 aromatic carbocycles. The molecule has 0 aliphatic rings. The average Bonchev–Trinajstić information content (AvgIpc) is 2.35. The Hall–Kier alpha value is -1.86. The van der Waals surface area contributed by atoms with Crippen LogP contribution in [0.5, 0.6) is 5.75 Å².